The van der Waals surface area contributed by atoms with Gasteiger partial charge in [0.2, 0.25) is 0 Å². The maximum Gasteiger partial charge on any atom is 0.158 e. The molecule has 1 heterocycles. The Hall–Kier alpha value is -3.26. The van der Waals surface area contributed by atoms with Crippen molar-refractivity contribution < 1.29 is 4.74 Å². The molecule has 0 aromatic rings. The number of allylic oxidation sites excluding steroid dienone is 7. The molecular formula is C17H16N4O. The summed E-state index contributed by atoms with van der Waals surface area (Å²) in [5.41, 5.74) is 0.208. The average molecular weight is 292 g/mol. The van der Waals surface area contributed by atoms with Crippen LogP contribution in [0.15, 0.2) is 88.4 Å². The van der Waals surface area contributed by atoms with Crippen LogP contribution < -0.4 is 0 Å². The minimum Gasteiger partial charge on any atom is -0.497 e. The number of hydrogen-bond donors (Lipinski definition) is 0. The molecule has 0 saturated heterocycles. The maximum atomic E-state index is 8.89. The van der Waals surface area contributed by atoms with E-state index in [1.165, 1.54) is 12.4 Å². The van der Waals surface area contributed by atoms with Gasteiger partial charge in [-0.3, -0.25) is 9.98 Å². The first-order valence-corrected chi connectivity index (χ1v) is 6.54. The second-order valence-electron chi connectivity index (χ2n) is 3.70. The van der Waals surface area contributed by atoms with Crippen molar-refractivity contribution >= 4 is 18.1 Å². The Balaban J connectivity index is 2.77. The lowest BCUT2D eigenvalue weighted by Gasteiger charge is -1.90. The molecule has 0 fully saturated rings. The van der Waals surface area contributed by atoms with Crippen molar-refractivity contribution in [1.29, 1.82) is 5.26 Å². The summed E-state index contributed by atoms with van der Waals surface area (Å²) in [6.45, 7) is 0.466. The van der Waals surface area contributed by atoms with Crippen LogP contribution in [0.2, 0.25) is 0 Å². The summed E-state index contributed by atoms with van der Waals surface area (Å²) in [5, 5.41) is 8.89. The Labute approximate surface area is 130 Å². The third kappa shape index (κ3) is 9.64. The molecule has 0 aromatic heterocycles. The lowest BCUT2D eigenvalue weighted by molar-refractivity contribution is 0.290. The van der Waals surface area contributed by atoms with Crippen molar-refractivity contribution in [2.24, 2.45) is 15.0 Å². The molecule has 0 N–H and O–H groups in total. The van der Waals surface area contributed by atoms with Crippen molar-refractivity contribution in [3.05, 3.63) is 73.5 Å². The highest BCUT2D eigenvalue weighted by Gasteiger charge is 1.86. The van der Waals surface area contributed by atoms with Crippen molar-refractivity contribution in [2.45, 2.75) is 0 Å². The van der Waals surface area contributed by atoms with Crippen LogP contribution in [0.5, 0.6) is 0 Å². The Bertz CT molecular complexity index is 624. The third-order valence-corrected chi connectivity index (χ3v) is 2.08. The van der Waals surface area contributed by atoms with Crippen LogP contribution in [0.3, 0.4) is 0 Å². The second-order valence-corrected chi connectivity index (χ2v) is 3.70. The van der Waals surface area contributed by atoms with Crippen LogP contribution in [0.25, 0.3) is 0 Å². The van der Waals surface area contributed by atoms with Gasteiger partial charge in [0.25, 0.3) is 0 Å². The van der Waals surface area contributed by atoms with Crippen LogP contribution in [0.4, 0.5) is 0 Å². The predicted molar refractivity (Wildman–Crippen MR) is 90.8 cm³/mol. The number of aliphatic imine (C=N–C) groups is 3. The van der Waals surface area contributed by atoms with E-state index >= 15 is 0 Å². The Kier molecular flexibility index (Phi) is 9.74. The van der Waals surface area contributed by atoms with E-state index < -0.39 is 0 Å². The molecule has 5 nitrogen and oxygen atoms in total. The molecule has 0 amide bonds. The third-order valence-electron chi connectivity index (χ3n) is 2.08. The van der Waals surface area contributed by atoms with E-state index in [0.717, 1.165) is 0 Å². The summed E-state index contributed by atoms with van der Waals surface area (Å²) < 4.78 is 5.23. The van der Waals surface area contributed by atoms with E-state index in [0.29, 0.717) is 6.61 Å². The molecular weight excluding hydrogens is 276 g/mol. The molecule has 0 spiro atoms. The Morgan fingerprint density at radius 3 is 2.64 bits per heavy atom. The molecule has 110 valence electrons. The summed E-state index contributed by atoms with van der Waals surface area (Å²) in [4.78, 5) is 11.9. The lowest BCUT2D eigenvalue weighted by atomic mass is 10.4. The van der Waals surface area contributed by atoms with Crippen molar-refractivity contribution in [2.75, 3.05) is 6.61 Å². The summed E-state index contributed by atoms with van der Waals surface area (Å²) in [7, 11) is 0. The molecule has 0 saturated carbocycles. The lowest BCUT2D eigenvalue weighted by Crippen LogP contribution is -1.93. The first-order valence-electron chi connectivity index (χ1n) is 6.54. The van der Waals surface area contributed by atoms with E-state index in [1.54, 1.807) is 49.2 Å². The smallest absolute Gasteiger partial charge is 0.158 e. The molecule has 0 aromatic carbocycles. The highest BCUT2D eigenvalue weighted by atomic mass is 16.5. The summed E-state index contributed by atoms with van der Waals surface area (Å²) >= 11 is 0. The zero-order valence-electron chi connectivity index (χ0n) is 12.0. The zero-order valence-corrected chi connectivity index (χ0v) is 12.0. The minimum absolute atomic E-state index is 0.208. The van der Waals surface area contributed by atoms with Gasteiger partial charge in [0.05, 0.1) is 12.5 Å². The first-order chi connectivity index (χ1) is 10.9. The van der Waals surface area contributed by atoms with Crippen LogP contribution in [-0.4, -0.2) is 24.7 Å². The minimum atomic E-state index is 0.208. The number of hydrogen-bond acceptors (Lipinski definition) is 5. The van der Waals surface area contributed by atoms with Crippen LogP contribution >= 0.6 is 0 Å². The fourth-order valence-corrected chi connectivity index (χ4v) is 1.14. The fraction of sp³-hybridized carbons (Fsp3) is 0.0588. The van der Waals surface area contributed by atoms with E-state index in [2.05, 4.69) is 15.0 Å². The average Bonchev–Trinajstić information content (AvgIpc) is 2.54. The number of nitrogens with zero attached hydrogens (tertiary/aromatic N) is 4. The molecule has 22 heavy (non-hydrogen) atoms. The predicted octanol–water partition coefficient (Wildman–Crippen LogP) is 3.29. The van der Waals surface area contributed by atoms with Gasteiger partial charge in [0.1, 0.15) is 12.7 Å². The fourth-order valence-electron chi connectivity index (χ4n) is 1.14. The molecule has 0 bridgehead atoms. The monoisotopic (exact) mass is 292 g/mol. The Morgan fingerprint density at radius 2 is 1.73 bits per heavy atom. The van der Waals surface area contributed by atoms with Crippen LogP contribution in [0.1, 0.15) is 0 Å². The van der Waals surface area contributed by atoms with Gasteiger partial charge in [-0.1, -0.05) is 18.2 Å². The molecule has 0 aliphatic carbocycles. The SMILES string of the molecule is N#CC1=NC=CC=NC=CC=CC=COCC=CC=CN=C1. The van der Waals surface area contributed by atoms with Gasteiger partial charge in [-0.05, 0) is 30.4 Å². The van der Waals surface area contributed by atoms with Gasteiger partial charge < -0.3 is 4.74 Å². The van der Waals surface area contributed by atoms with Gasteiger partial charge >= 0.3 is 0 Å². The largest absolute Gasteiger partial charge is 0.497 e. The molecule has 1 aliphatic heterocycles. The van der Waals surface area contributed by atoms with Crippen molar-refractivity contribution in [1.82, 2.24) is 0 Å². The van der Waals surface area contributed by atoms with Gasteiger partial charge in [-0.25, -0.2) is 4.99 Å². The second kappa shape index (κ2) is 12.8. The standard InChI is InChI=1S/C17H16N4O/c18-15-17-16-20-10-5-3-7-14-22-13-6-2-1-4-9-19-11-8-12-21-17/h1-13,16H,14H2. The number of ether oxygens (including phenoxy) is 1. The highest BCUT2D eigenvalue weighted by molar-refractivity contribution is 6.38. The normalized spacial score (nSPS) is 16.0. The molecule has 1 aliphatic rings. The van der Waals surface area contributed by atoms with Gasteiger partial charge in [-0.2, -0.15) is 5.26 Å². The van der Waals surface area contributed by atoms with E-state index in [4.69, 9.17) is 10.00 Å². The molecule has 0 unspecified atom stereocenters. The van der Waals surface area contributed by atoms with Crippen molar-refractivity contribution in [3.8, 4) is 6.07 Å². The van der Waals surface area contributed by atoms with Crippen LogP contribution in [0, 0.1) is 11.3 Å². The quantitative estimate of drug-likeness (QED) is 0.687. The van der Waals surface area contributed by atoms with Crippen LogP contribution in [-0.2, 0) is 4.74 Å². The zero-order chi connectivity index (χ0) is 15.7. The molecule has 0 radical (unpaired) electrons. The molecule has 1 rings (SSSR count). The number of rotatable bonds is 0. The first kappa shape index (κ1) is 16.8. The van der Waals surface area contributed by atoms with E-state index in [1.807, 2.05) is 30.4 Å². The summed E-state index contributed by atoms with van der Waals surface area (Å²) in [6.07, 6.45) is 23.5. The van der Waals surface area contributed by atoms with Gasteiger partial charge in [0, 0.05) is 24.8 Å². The number of nitriles is 1. The van der Waals surface area contributed by atoms with E-state index in [9.17, 15) is 0 Å². The summed E-state index contributed by atoms with van der Waals surface area (Å²) in [5.74, 6) is 0. The summed E-state index contributed by atoms with van der Waals surface area (Å²) in [6, 6.07) is 1.94. The molecule has 5 heteroatoms. The van der Waals surface area contributed by atoms with E-state index in [-0.39, 0.29) is 5.71 Å². The topological polar surface area (TPSA) is 70.1 Å². The van der Waals surface area contributed by atoms with Gasteiger partial charge in [0.15, 0.2) is 5.71 Å². The molecule has 0 atom stereocenters. The Morgan fingerprint density at radius 1 is 0.909 bits per heavy atom. The maximum absolute atomic E-state index is 8.89. The highest BCUT2D eigenvalue weighted by Crippen LogP contribution is 1.86. The van der Waals surface area contributed by atoms with Gasteiger partial charge in [-0.15, -0.1) is 0 Å². The van der Waals surface area contributed by atoms with Crippen molar-refractivity contribution in [3.63, 3.8) is 0 Å².